The summed E-state index contributed by atoms with van der Waals surface area (Å²) in [6, 6.07) is 0. The summed E-state index contributed by atoms with van der Waals surface area (Å²) < 4.78 is 0. The molecule has 0 spiro atoms. The molecule has 1 saturated carbocycles. The van der Waals surface area contributed by atoms with Crippen LogP contribution in [-0.2, 0) is 15.1 Å². The van der Waals surface area contributed by atoms with Crippen molar-refractivity contribution in [3.05, 3.63) is 24.3 Å². The predicted molar refractivity (Wildman–Crippen MR) is 85.3 cm³/mol. The maximum atomic E-state index is 12.9. The number of nitrogens with zero attached hydrogens (tertiary/aromatic N) is 3. The van der Waals surface area contributed by atoms with Crippen LogP contribution in [0, 0.1) is 5.92 Å². The van der Waals surface area contributed by atoms with Gasteiger partial charge in [-0.05, 0) is 31.6 Å². The fourth-order valence-corrected chi connectivity index (χ4v) is 4.07. The molecular weight excluding hydrogens is 292 g/mol. The van der Waals surface area contributed by atoms with E-state index in [-0.39, 0.29) is 11.8 Å². The molecule has 0 aromatic carbocycles. The predicted octanol–water partition coefficient (Wildman–Crippen LogP) is 1.62. The largest absolute Gasteiger partial charge is 0.357 e. The summed E-state index contributed by atoms with van der Waals surface area (Å²) in [6.45, 7) is 0.607. The third-order valence-electron chi connectivity index (χ3n) is 5.21. The molecular formula is C17H24N4O2. The van der Waals surface area contributed by atoms with Crippen LogP contribution in [0.3, 0.4) is 0 Å². The summed E-state index contributed by atoms with van der Waals surface area (Å²) in [5.41, 5.74) is -0.435. The standard InChI is InChI=1S/C17H24N4O2/c1-18-16(23)17(14-12-19-8-9-20-14)7-4-10-21(17)15(22)11-13-5-2-3-6-13/h8-9,12-13H,2-7,10-11H2,1H3,(H,18,23). The number of rotatable bonds is 4. The van der Waals surface area contributed by atoms with Crippen LogP contribution in [0.5, 0.6) is 0 Å². The van der Waals surface area contributed by atoms with Crippen LogP contribution in [0.1, 0.15) is 50.6 Å². The highest BCUT2D eigenvalue weighted by atomic mass is 16.2. The minimum atomic E-state index is -1.00. The van der Waals surface area contributed by atoms with Crippen molar-refractivity contribution in [1.82, 2.24) is 20.2 Å². The number of carbonyl (C=O) groups excluding carboxylic acids is 2. The Kier molecular flexibility index (Phi) is 4.59. The molecule has 1 aromatic heterocycles. The highest BCUT2D eigenvalue weighted by molar-refractivity contribution is 5.92. The van der Waals surface area contributed by atoms with Gasteiger partial charge in [-0.25, -0.2) is 0 Å². The Bertz CT molecular complexity index is 571. The first-order chi connectivity index (χ1) is 11.2. The van der Waals surface area contributed by atoms with Crippen molar-refractivity contribution in [3.8, 4) is 0 Å². The van der Waals surface area contributed by atoms with E-state index in [0.717, 1.165) is 19.3 Å². The highest BCUT2D eigenvalue weighted by Gasteiger charge is 2.52. The molecule has 1 unspecified atom stereocenters. The van der Waals surface area contributed by atoms with Crippen molar-refractivity contribution in [2.75, 3.05) is 13.6 Å². The molecule has 1 aromatic rings. The first kappa shape index (κ1) is 15.9. The van der Waals surface area contributed by atoms with Crippen molar-refractivity contribution >= 4 is 11.8 Å². The normalized spacial score (nSPS) is 24.8. The second kappa shape index (κ2) is 6.64. The van der Waals surface area contributed by atoms with Gasteiger partial charge in [-0.1, -0.05) is 12.8 Å². The number of aromatic nitrogens is 2. The molecule has 2 heterocycles. The second-order valence-corrected chi connectivity index (χ2v) is 6.53. The molecule has 0 bridgehead atoms. The van der Waals surface area contributed by atoms with E-state index in [1.807, 2.05) is 0 Å². The van der Waals surface area contributed by atoms with Gasteiger partial charge in [0.2, 0.25) is 5.91 Å². The number of hydrogen-bond donors (Lipinski definition) is 1. The van der Waals surface area contributed by atoms with Crippen molar-refractivity contribution < 1.29 is 9.59 Å². The highest BCUT2D eigenvalue weighted by Crippen LogP contribution is 2.39. The van der Waals surface area contributed by atoms with Gasteiger partial charge < -0.3 is 10.2 Å². The lowest BCUT2D eigenvalue weighted by Crippen LogP contribution is -2.55. The van der Waals surface area contributed by atoms with E-state index in [2.05, 4.69) is 15.3 Å². The Hall–Kier alpha value is -1.98. The number of nitrogens with one attached hydrogen (secondary N) is 1. The fourth-order valence-electron chi connectivity index (χ4n) is 4.07. The van der Waals surface area contributed by atoms with Crippen LogP contribution in [0.2, 0.25) is 0 Å². The SMILES string of the molecule is CNC(=O)C1(c2cnccn2)CCCN1C(=O)CC1CCCC1. The van der Waals surface area contributed by atoms with E-state index in [4.69, 9.17) is 0 Å². The van der Waals surface area contributed by atoms with E-state index >= 15 is 0 Å². The Labute approximate surface area is 136 Å². The molecule has 2 aliphatic rings. The van der Waals surface area contributed by atoms with Gasteiger partial charge in [-0.2, -0.15) is 0 Å². The molecule has 6 heteroatoms. The van der Waals surface area contributed by atoms with E-state index in [0.29, 0.717) is 31.0 Å². The van der Waals surface area contributed by atoms with Crippen LogP contribution in [0.15, 0.2) is 18.6 Å². The molecule has 1 aliphatic carbocycles. The Balaban J connectivity index is 1.90. The van der Waals surface area contributed by atoms with Crippen LogP contribution < -0.4 is 5.32 Å². The van der Waals surface area contributed by atoms with Gasteiger partial charge in [-0.15, -0.1) is 0 Å². The topological polar surface area (TPSA) is 75.2 Å². The van der Waals surface area contributed by atoms with Gasteiger partial charge >= 0.3 is 0 Å². The zero-order chi connectivity index (χ0) is 16.3. The summed E-state index contributed by atoms with van der Waals surface area (Å²) >= 11 is 0. The monoisotopic (exact) mass is 316 g/mol. The molecule has 2 amide bonds. The smallest absolute Gasteiger partial charge is 0.252 e. The van der Waals surface area contributed by atoms with Crippen LogP contribution in [0.4, 0.5) is 0 Å². The number of likely N-dealkylation sites (tertiary alicyclic amines) is 1. The third kappa shape index (κ3) is 2.82. The summed E-state index contributed by atoms with van der Waals surface area (Å²) in [4.78, 5) is 35.8. The zero-order valence-electron chi connectivity index (χ0n) is 13.6. The minimum Gasteiger partial charge on any atom is -0.357 e. The lowest BCUT2D eigenvalue weighted by Gasteiger charge is -2.36. The lowest BCUT2D eigenvalue weighted by atomic mass is 9.90. The molecule has 3 rings (SSSR count). The van der Waals surface area contributed by atoms with E-state index in [9.17, 15) is 9.59 Å². The quantitative estimate of drug-likeness (QED) is 0.916. The van der Waals surface area contributed by atoms with Gasteiger partial charge in [0.1, 0.15) is 0 Å². The molecule has 6 nitrogen and oxygen atoms in total. The molecule has 0 radical (unpaired) electrons. The third-order valence-corrected chi connectivity index (χ3v) is 5.21. The number of hydrogen-bond acceptors (Lipinski definition) is 4. The molecule has 124 valence electrons. The Morgan fingerprint density at radius 3 is 2.74 bits per heavy atom. The Morgan fingerprint density at radius 1 is 1.30 bits per heavy atom. The average Bonchev–Trinajstić information content (AvgIpc) is 3.24. The molecule has 2 fully saturated rings. The number of carbonyl (C=O) groups is 2. The van der Waals surface area contributed by atoms with Gasteiger partial charge in [0, 0.05) is 32.4 Å². The maximum absolute atomic E-state index is 12.9. The molecule has 23 heavy (non-hydrogen) atoms. The summed E-state index contributed by atoms with van der Waals surface area (Å²) in [5, 5.41) is 2.72. The molecule has 1 N–H and O–H groups in total. The first-order valence-electron chi connectivity index (χ1n) is 8.47. The van der Waals surface area contributed by atoms with E-state index in [1.165, 1.54) is 12.8 Å². The van der Waals surface area contributed by atoms with Gasteiger partial charge in [0.05, 0.1) is 11.9 Å². The molecule has 1 aliphatic heterocycles. The van der Waals surface area contributed by atoms with E-state index in [1.54, 1.807) is 30.5 Å². The maximum Gasteiger partial charge on any atom is 0.252 e. The van der Waals surface area contributed by atoms with Crippen LogP contribution >= 0.6 is 0 Å². The minimum absolute atomic E-state index is 0.0728. The van der Waals surface area contributed by atoms with Crippen LogP contribution in [0.25, 0.3) is 0 Å². The molecule has 1 atom stereocenters. The average molecular weight is 316 g/mol. The lowest BCUT2D eigenvalue weighted by molar-refractivity contribution is -0.146. The van der Waals surface area contributed by atoms with Crippen molar-refractivity contribution in [1.29, 1.82) is 0 Å². The summed E-state index contributed by atoms with van der Waals surface area (Å²) in [7, 11) is 1.61. The first-order valence-corrected chi connectivity index (χ1v) is 8.47. The van der Waals surface area contributed by atoms with E-state index < -0.39 is 5.54 Å². The Morgan fingerprint density at radius 2 is 2.09 bits per heavy atom. The fraction of sp³-hybridized carbons (Fsp3) is 0.647. The van der Waals surface area contributed by atoms with Crippen molar-refractivity contribution in [2.24, 2.45) is 5.92 Å². The van der Waals surface area contributed by atoms with Gasteiger partial charge in [0.25, 0.3) is 5.91 Å². The summed E-state index contributed by atoms with van der Waals surface area (Å²) in [6.07, 6.45) is 11.4. The summed E-state index contributed by atoms with van der Waals surface area (Å²) in [5.74, 6) is 0.367. The zero-order valence-corrected chi connectivity index (χ0v) is 13.6. The van der Waals surface area contributed by atoms with Gasteiger partial charge in [-0.3, -0.25) is 19.6 Å². The van der Waals surface area contributed by atoms with Crippen molar-refractivity contribution in [3.63, 3.8) is 0 Å². The molecule has 1 saturated heterocycles. The van der Waals surface area contributed by atoms with Crippen LogP contribution in [-0.4, -0.2) is 40.3 Å². The number of likely N-dealkylation sites (N-methyl/N-ethyl adjacent to an activating group) is 1. The van der Waals surface area contributed by atoms with Crippen molar-refractivity contribution in [2.45, 2.75) is 50.5 Å². The second-order valence-electron chi connectivity index (χ2n) is 6.53. The number of amides is 2. The van der Waals surface area contributed by atoms with Gasteiger partial charge in [0.15, 0.2) is 5.54 Å².